The van der Waals surface area contributed by atoms with Gasteiger partial charge in [0.15, 0.2) is 5.57 Å². The third-order valence-electron chi connectivity index (χ3n) is 7.18. The van der Waals surface area contributed by atoms with Crippen LogP contribution in [0.1, 0.15) is 62.9 Å². The van der Waals surface area contributed by atoms with Crippen LogP contribution in [0, 0.1) is 28.6 Å². The highest BCUT2D eigenvalue weighted by Crippen LogP contribution is 2.29. The molecule has 1 saturated carbocycles. The van der Waals surface area contributed by atoms with Gasteiger partial charge in [0.1, 0.15) is 29.5 Å². The topological polar surface area (TPSA) is 70.4 Å². The van der Waals surface area contributed by atoms with Crippen molar-refractivity contribution in [2.45, 2.75) is 63.7 Å². The summed E-state index contributed by atoms with van der Waals surface area (Å²) in [5, 5.41) is 19.1. The summed E-state index contributed by atoms with van der Waals surface area (Å²) in [6.45, 7) is 6.95. The molecule has 3 aliphatic rings. The Morgan fingerprint density at radius 2 is 1.61 bits per heavy atom. The predicted octanol–water partition coefficient (Wildman–Crippen LogP) is 4.96. The predicted molar refractivity (Wildman–Crippen MR) is 132 cm³/mol. The minimum absolute atomic E-state index is 0.265. The molecule has 0 radical (unpaired) electrons. The van der Waals surface area contributed by atoms with Crippen molar-refractivity contribution in [2.75, 3.05) is 45.0 Å². The molecule has 7 heteroatoms. The number of hydrogen-bond donors (Lipinski definition) is 0. The van der Waals surface area contributed by atoms with Crippen LogP contribution >= 0.6 is 11.8 Å². The third-order valence-corrected chi connectivity index (χ3v) is 8.14. The van der Waals surface area contributed by atoms with E-state index in [1.807, 2.05) is 11.8 Å². The molecular formula is C26H37N5OS. The molecule has 0 amide bonds. The fraction of sp³-hybridized carbons (Fsp3) is 0.692. The lowest BCUT2D eigenvalue weighted by molar-refractivity contribution is 0.204. The van der Waals surface area contributed by atoms with Gasteiger partial charge in [0, 0.05) is 31.9 Å². The first kappa shape index (κ1) is 24.0. The van der Waals surface area contributed by atoms with E-state index in [9.17, 15) is 10.5 Å². The van der Waals surface area contributed by atoms with E-state index in [0.29, 0.717) is 5.92 Å². The maximum atomic E-state index is 9.56. The fourth-order valence-electron chi connectivity index (χ4n) is 5.44. The number of nitrogens with zero attached hydrogens (tertiary/aromatic N) is 5. The van der Waals surface area contributed by atoms with E-state index in [4.69, 9.17) is 4.42 Å². The van der Waals surface area contributed by atoms with Gasteiger partial charge in [0.25, 0.3) is 0 Å². The Kier molecular flexibility index (Phi) is 9.03. The van der Waals surface area contributed by atoms with Crippen LogP contribution in [0.5, 0.6) is 0 Å². The van der Waals surface area contributed by atoms with Gasteiger partial charge in [0.05, 0.1) is 12.3 Å². The Labute approximate surface area is 203 Å². The largest absolute Gasteiger partial charge is 0.464 e. The molecule has 0 atom stereocenters. The van der Waals surface area contributed by atoms with Gasteiger partial charge in [-0.1, -0.05) is 25.7 Å². The molecule has 0 bridgehead atoms. The Morgan fingerprint density at radius 3 is 2.36 bits per heavy atom. The van der Waals surface area contributed by atoms with Gasteiger partial charge in [-0.05, 0) is 56.8 Å². The van der Waals surface area contributed by atoms with E-state index in [0.717, 1.165) is 61.6 Å². The fourth-order valence-corrected chi connectivity index (χ4v) is 6.29. The number of thioether (sulfide) groups is 1. The third kappa shape index (κ3) is 6.71. The number of piperidine rings is 1. The highest BCUT2D eigenvalue weighted by atomic mass is 32.2. The van der Waals surface area contributed by atoms with E-state index in [1.165, 1.54) is 64.5 Å². The van der Waals surface area contributed by atoms with Crippen molar-refractivity contribution < 1.29 is 4.42 Å². The van der Waals surface area contributed by atoms with Crippen molar-refractivity contribution in [2.24, 2.45) is 5.92 Å². The van der Waals surface area contributed by atoms with E-state index >= 15 is 0 Å². The van der Waals surface area contributed by atoms with E-state index in [1.54, 1.807) is 0 Å². The van der Waals surface area contributed by atoms with Crippen LogP contribution in [0.25, 0.3) is 0 Å². The van der Waals surface area contributed by atoms with Crippen LogP contribution in [0.3, 0.4) is 0 Å². The first-order chi connectivity index (χ1) is 16.3. The Morgan fingerprint density at radius 1 is 0.909 bits per heavy atom. The molecule has 2 saturated heterocycles. The second kappa shape index (κ2) is 12.4. The normalized spacial score (nSPS) is 20.1. The van der Waals surface area contributed by atoms with Crippen molar-refractivity contribution >= 4 is 11.8 Å². The van der Waals surface area contributed by atoms with Crippen LogP contribution in [-0.2, 0) is 12.3 Å². The highest BCUT2D eigenvalue weighted by Gasteiger charge is 2.30. The molecule has 0 unspecified atom stereocenters. The minimum Gasteiger partial charge on any atom is -0.464 e. The van der Waals surface area contributed by atoms with Gasteiger partial charge >= 0.3 is 0 Å². The molecule has 6 nitrogen and oxygen atoms in total. The quantitative estimate of drug-likeness (QED) is 0.376. The van der Waals surface area contributed by atoms with Gasteiger partial charge in [-0.25, -0.2) is 0 Å². The van der Waals surface area contributed by atoms with E-state index in [-0.39, 0.29) is 5.57 Å². The minimum atomic E-state index is 0.265. The lowest BCUT2D eigenvalue weighted by atomic mass is 9.89. The number of rotatable bonds is 9. The molecule has 1 aliphatic carbocycles. The summed E-state index contributed by atoms with van der Waals surface area (Å²) in [6.07, 6.45) is 10.5. The van der Waals surface area contributed by atoms with E-state index < -0.39 is 0 Å². The average molecular weight is 468 g/mol. The molecule has 0 spiro atoms. The van der Waals surface area contributed by atoms with Gasteiger partial charge in [-0.3, -0.25) is 4.90 Å². The molecule has 33 heavy (non-hydrogen) atoms. The molecule has 178 valence electrons. The number of nitriles is 2. The first-order valence-electron chi connectivity index (χ1n) is 12.7. The standard InChI is InChI=1S/C26H37N5OS/c27-17-23(18-28)26-30(13-14-31(26)19-22-7-3-1-4-8-22)15-16-33-21-25-10-9-24(32-25)20-29-11-5-2-6-12-29/h9-10,22H,1-8,11-16,19-21H2. The zero-order chi connectivity index (χ0) is 22.9. The Bertz CT molecular complexity index is 854. The van der Waals surface area contributed by atoms with Crippen molar-refractivity contribution in [3.63, 3.8) is 0 Å². The summed E-state index contributed by atoms with van der Waals surface area (Å²) in [5.41, 5.74) is 0.265. The van der Waals surface area contributed by atoms with Crippen molar-refractivity contribution in [1.29, 1.82) is 10.5 Å². The second-order valence-electron chi connectivity index (χ2n) is 9.62. The lowest BCUT2D eigenvalue weighted by Crippen LogP contribution is -2.31. The number of likely N-dealkylation sites (tertiary alicyclic amines) is 1. The SMILES string of the molecule is N#CC(C#N)=C1N(CCSCc2ccc(CN3CCCCC3)o2)CCN1CC1CCCCC1. The average Bonchev–Trinajstić information content (AvgIpc) is 3.46. The molecule has 4 rings (SSSR count). The molecule has 0 N–H and O–H groups in total. The Hall–Kier alpha value is -2.09. The number of furan rings is 1. The molecule has 3 heterocycles. The molecule has 0 aromatic carbocycles. The summed E-state index contributed by atoms with van der Waals surface area (Å²) in [4.78, 5) is 7.05. The first-order valence-corrected chi connectivity index (χ1v) is 13.8. The smallest absolute Gasteiger partial charge is 0.169 e. The number of allylic oxidation sites excluding steroid dienone is 1. The monoisotopic (exact) mass is 467 g/mol. The van der Waals surface area contributed by atoms with Gasteiger partial charge in [0.2, 0.25) is 0 Å². The highest BCUT2D eigenvalue weighted by molar-refractivity contribution is 7.98. The zero-order valence-corrected chi connectivity index (χ0v) is 20.6. The summed E-state index contributed by atoms with van der Waals surface area (Å²) in [7, 11) is 0. The summed E-state index contributed by atoms with van der Waals surface area (Å²) in [6, 6.07) is 8.55. The van der Waals surface area contributed by atoms with Crippen LogP contribution < -0.4 is 0 Å². The van der Waals surface area contributed by atoms with Crippen molar-refractivity contribution in [3.05, 3.63) is 35.0 Å². The van der Waals surface area contributed by atoms with Gasteiger partial charge < -0.3 is 14.2 Å². The second-order valence-corrected chi connectivity index (χ2v) is 10.7. The Balaban J connectivity index is 1.25. The maximum Gasteiger partial charge on any atom is 0.169 e. The van der Waals surface area contributed by atoms with Crippen LogP contribution in [-0.4, -0.2) is 59.7 Å². The van der Waals surface area contributed by atoms with Crippen LogP contribution in [0.4, 0.5) is 0 Å². The van der Waals surface area contributed by atoms with Crippen molar-refractivity contribution in [1.82, 2.24) is 14.7 Å². The number of hydrogen-bond acceptors (Lipinski definition) is 7. The lowest BCUT2D eigenvalue weighted by Gasteiger charge is -2.30. The van der Waals surface area contributed by atoms with Gasteiger partial charge in [-0.2, -0.15) is 22.3 Å². The molecule has 1 aromatic heterocycles. The molecular weight excluding hydrogens is 430 g/mol. The van der Waals surface area contributed by atoms with Crippen LogP contribution in [0.2, 0.25) is 0 Å². The zero-order valence-electron chi connectivity index (χ0n) is 19.8. The summed E-state index contributed by atoms with van der Waals surface area (Å²) >= 11 is 1.86. The van der Waals surface area contributed by atoms with Crippen LogP contribution in [0.15, 0.2) is 27.9 Å². The van der Waals surface area contributed by atoms with E-state index in [2.05, 4.69) is 39.0 Å². The molecule has 1 aromatic rings. The summed E-state index contributed by atoms with van der Waals surface area (Å²) < 4.78 is 6.07. The van der Waals surface area contributed by atoms with Crippen molar-refractivity contribution in [3.8, 4) is 12.1 Å². The molecule has 3 fully saturated rings. The molecule has 2 aliphatic heterocycles. The maximum absolute atomic E-state index is 9.56. The van der Waals surface area contributed by atoms with Gasteiger partial charge in [-0.15, -0.1) is 0 Å². The summed E-state index contributed by atoms with van der Waals surface area (Å²) in [5.74, 6) is 5.49.